The minimum absolute atomic E-state index is 0.577. The predicted molar refractivity (Wildman–Crippen MR) is 71.6 cm³/mol. The first-order chi connectivity index (χ1) is 8.31. The summed E-state index contributed by atoms with van der Waals surface area (Å²) in [4.78, 5) is 0. The van der Waals surface area contributed by atoms with Crippen LogP contribution < -0.4 is 10.1 Å². The molecule has 1 aromatic carbocycles. The molecule has 0 aliphatic carbocycles. The van der Waals surface area contributed by atoms with Crippen molar-refractivity contribution in [3.63, 3.8) is 0 Å². The second-order valence-electron chi connectivity index (χ2n) is 5.02. The van der Waals surface area contributed by atoms with Gasteiger partial charge in [-0.2, -0.15) is 0 Å². The Morgan fingerprint density at radius 3 is 2.94 bits per heavy atom. The standard InChI is InChI=1S/C15H23NO/c1-3-12(2)14-6-4-5-7-15(14)17-11-13-8-9-16-10-13/h4-7,12-13,16H,3,8-11H2,1-2H3. The van der Waals surface area contributed by atoms with Gasteiger partial charge in [-0.1, -0.05) is 32.0 Å². The Hall–Kier alpha value is -1.02. The maximum absolute atomic E-state index is 6.00. The fourth-order valence-corrected chi connectivity index (χ4v) is 2.30. The monoisotopic (exact) mass is 233 g/mol. The maximum atomic E-state index is 6.00. The molecule has 94 valence electrons. The molecular formula is C15H23NO. The molecule has 0 radical (unpaired) electrons. The highest BCUT2D eigenvalue weighted by Crippen LogP contribution is 2.28. The van der Waals surface area contributed by atoms with Crippen molar-refractivity contribution in [2.24, 2.45) is 5.92 Å². The molecule has 1 heterocycles. The number of nitrogens with one attached hydrogen (secondary N) is 1. The Morgan fingerprint density at radius 2 is 2.24 bits per heavy atom. The summed E-state index contributed by atoms with van der Waals surface area (Å²) in [5, 5.41) is 3.38. The minimum Gasteiger partial charge on any atom is -0.493 e. The molecule has 1 aliphatic heterocycles. The minimum atomic E-state index is 0.577. The third kappa shape index (κ3) is 3.22. The van der Waals surface area contributed by atoms with Crippen LogP contribution in [0.25, 0.3) is 0 Å². The summed E-state index contributed by atoms with van der Waals surface area (Å²) in [6, 6.07) is 8.46. The Labute approximate surface area is 104 Å². The summed E-state index contributed by atoms with van der Waals surface area (Å²) in [6.07, 6.45) is 2.40. The fourth-order valence-electron chi connectivity index (χ4n) is 2.30. The Balaban J connectivity index is 1.98. The quantitative estimate of drug-likeness (QED) is 0.843. The van der Waals surface area contributed by atoms with Crippen LogP contribution in [0.3, 0.4) is 0 Å². The Kier molecular flexibility index (Phi) is 4.43. The number of benzene rings is 1. The summed E-state index contributed by atoms with van der Waals surface area (Å²) >= 11 is 0. The van der Waals surface area contributed by atoms with E-state index < -0.39 is 0 Å². The zero-order chi connectivity index (χ0) is 12.1. The number of ether oxygens (including phenoxy) is 1. The highest BCUT2D eigenvalue weighted by molar-refractivity contribution is 5.35. The lowest BCUT2D eigenvalue weighted by Gasteiger charge is -2.17. The van der Waals surface area contributed by atoms with E-state index in [1.165, 1.54) is 12.0 Å². The Bertz CT molecular complexity index is 345. The number of para-hydroxylation sites is 1. The molecule has 0 amide bonds. The molecule has 2 atom stereocenters. The van der Waals surface area contributed by atoms with Gasteiger partial charge in [0, 0.05) is 12.5 Å². The van der Waals surface area contributed by atoms with Gasteiger partial charge in [0.2, 0.25) is 0 Å². The largest absolute Gasteiger partial charge is 0.493 e. The normalized spacial score (nSPS) is 21.4. The molecule has 0 spiro atoms. The average Bonchev–Trinajstić information content (AvgIpc) is 2.89. The fraction of sp³-hybridized carbons (Fsp3) is 0.600. The van der Waals surface area contributed by atoms with Gasteiger partial charge in [-0.25, -0.2) is 0 Å². The molecule has 0 aromatic heterocycles. The van der Waals surface area contributed by atoms with Crippen molar-refractivity contribution in [2.45, 2.75) is 32.6 Å². The molecule has 17 heavy (non-hydrogen) atoms. The zero-order valence-corrected chi connectivity index (χ0v) is 10.9. The molecule has 2 rings (SSSR count). The van der Waals surface area contributed by atoms with Crippen LogP contribution in [0, 0.1) is 5.92 Å². The van der Waals surface area contributed by atoms with Gasteiger partial charge < -0.3 is 10.1 Å². The molecule has 1 saturated heterocycles. The van der Waals surface area contributed by atoms with Crippen LogP contribution in [-0.4, -0.2) is 19.7 Å². The molecule has 0 bridgehead atoms. The summed E-state index contributed by atoms with van der Waals surface area (Å²) in [6.45, 7) is 7.58. The molecule has 2 nitrogen and oxygen atoms in total. The average molecular weight is 233 g/mol. The van der Waals surface area contributed by atoms with Crippen molar-refractivity contribution in [2.75, 3.05) is 19.7 Å². The van der Waals surface area contributed by atoms with E-state index in [1.807, 2.05) is 0 Å². The van der Waals surface area contributed by atoms with Crippen LogP contribution in [0.5, 0.6) is 5.75 Å². The smallest absolute Gasteiger partial charge is 0.122 e. The lowest BCUT2D eigenvalue weighted by atomic mass is 9.98. The summed E-state index contributed by atoms with van der Waals surface area (Å²) in [7, 11) is 0. The van der Waals surface area contributed by atoms with E-state index in [9.17, 15) is 0 Å². The van der Waals surface area contributed by atoms with E-state index in [0.717, 1.165) is 31.9 Å². The van der Waals surface area contributed by atoms with Gasteiger partial charge in [0.1, 0.15) is 5.75 Å². The van der Waals surface area contributed by atoms with Gasteiger partial charge >= 0.3 is 0 Å². The lowest BCUT2D eigenvalue weighted by Crippen LogP contribution is -2.16. The van der Waals surface area contributed by atoms with Crippen molar-refractivity contribution in [3.8, 4) is 5.75 Å². The Morgan fingerprint density at radius 1 is 1.41 bits per heavy atom. The second kappa shape index (κ2) is 6.06. The van der Waals surface area contributed by atoms with Crippen LogP contribution in [0.2, 0.25) is 0 Å². The van der Waals surface area contributed by atoms with Crippen molar-refractivity contribution < 1.29 is 4.74 Å². The molecule has 2 heteroatoms. The summed E-state index contributed by atoms with van der Waals surface area (Å²) < 4.78 is 6.00. The van der Waals surface area contributed by atoms with Gasteiger partial charge in [0.15, 0.2) is 0 Å². The van der Waals surface area contributed by atoms with Crippen LogP contribution in [0.4, 0.5) is 0 Å². The van der Waals surface area contributed by atoms with Crippen molar-refractivity contribution in [1.29, 1.82) is 0 Å². The van der Waals surface area contributed by atoms with Crippen LogP contribution in [-0.2, 0) is 0 Å². The van der Waals surface area contributed by atoms with Gasteiger partial charge in [-0.05, 0) is 36.9 Å². The van der Waals surface area contributed by atoms with E-state index >= 15 is 0 Å². The maximum Gasteiger partial charge on any atom is 0.122 e. The summed E-state index contributed by atoms with van der Waals surface area (Å²) in [5.74, 6) is 2.33. The van der Waals surface area contributed by atoms with Gasteiger partial charge in [-0.3, -0.25) is 0 Å². The third-order valence-corrected chi connectivity index (χ3v) is 3.70. The molecular weight excluding hydrogens is 210 g/mol. The SMILES string of the molecule is CCC(C)c1ccccc1OCC1CCNC1. The molecule has 0 saturated carbocycles. The highest BCUT2D eigenvalue weighted by Gasteiger charge is 2.16. The molecule has 1 aromatic rings. The third-order valence-electron chi connectivity index (χ3n) is 3.70. The molecule has 1 fully saturated rings. The molecule has 1 aliphatic rings. The predicted octanol–water partition coefficient (Wildman–Crippen LogP) is 3.19. The topological polar surface area (TPSA) is 21.3 Å². The summed E-state index contributed by atoms with van der Waals surface area (Å²) in [5.41, 5.74) is 1.35. The highest BCUT2D eigenvalue weighted by atomic mass is 16.5. The number of hydrogen-bond donors (Lipinski definition) is 1. The van der Waals surface area contributed by atoms with Crippen LogP contribution in [0.15, 0.2) is 24.3 Å². The van der Waals surface area contributed by atoms with E-state index in [4.69, 9.17) is 4.74 Å². The molecule has 2 unspecified atom stereocenters. The van der Waals surface area contributed by atoms with Gasteiger partial charge in [0.25, 0.3) is 0 Å². The first-order valence-corrected chi connectivity index (χ1v) is 6.73. The first-order valence-electron chi connectivity index (χ1n) is 6.73. The zero-order valence-electron chi connectivity index (χ0n) is 10.9. The van der Waals surface area contributed by atoms with E-state index in [2.05, 4.69) is 43.4 Å². The van der Waals surface area contributed by atoms with E-state index in [-0.39, 0.29) is 0 Å². The van der Waals surface area contributed by atoms with E-state index in [0.29, 0.717) is 11.8 Å². The number of hydrogen-bond acceptors (Lipinski definition) is 2. The van der Waals surface area contributed by atoms with Crippen molar-refractivity contribution in [1.82, 2.24) is 5.32 Å². The van der Waals surface area contributed by atoms with Crippen molar-refractivity contribution in [3.05, 3.63) is 29.8 Å². The van der Waals surface area contributed by atoms with Gasteiger partial charge in [0.05, 0.1) is 6.61 Å². The van der Waals surface area contributed by atoms with Crippen LogP contribution in [0.1, 0.15) is 38.2 Å². The van der Waals surface area contributed by atoms with Crippen LogP contribution >= 0.6 is 0 Å². The van der Waals surface area contributed by atoms with E-state index in [1.54, 1.807) is 0 Å². The second-order valence-corrected chi connectivity index (χ2v) is 5.02. The van der Waals surface area contributed by atoms with Gasteiger partial charge in [-0.15, -0.1) is 0 Å². The lowest BCUT2D eigenvalue weighted by molar-refractivity contribution is 0.256. The van der Waals surface area contributed by atoms with Crippen molar-refractivity contribution >= 4 is 0 Å². The first kappa shape index (κ1) is 12.4. The molecule has 1 N–H and O–H groups in total. The number of rotatable bonds is 5.